The minimum atomic E-state index is -0.690. The molecule has 0 radical (unpaired) electrons. The molecule has 2 rings (SSSR count). The lowest BCUT2D eigenvalue weighted by Gasteiger charge is -2.23. The predicted octanol–water partition coefficient (Wildman–Crippen LogP) is 0.866. The van der Waals surface area contributed by atoms with Crippen LogP contribution in [0.15, 0.2) is 0 Å². The average Bonchev–Trinajstić information content (AvgIpc) is 2.44. The van der Waals surface area contributed by atoms with Crippen LogP contribution in [0.25, 0.3) is 0 Å². The molecule has 3 N–H and O–H groups in total. The molecule has 2 bridgehead atoms. The molecule has 0 spiro atoms. The van der Waals surface area contributed by atoms with Crippen LogP contribution < -0.4 is 5.73 Å². The summed E-state index contributed by atoms with van der Waals surface area (Å²) in [7, 11) is 0. The summed E-state index contributed by atoms with van der Waals surface area (Å²) in [5.74, 6) is -0.0490. The minimum Gasteiger partial charge on any atom is -0.481 e. The van der Waals surface area contributed by atoms with Crippen LogP contribution in [0.4, 0.5) is 0 Å². The number of rotatable bonds is 1. The Morgan fingerprint density at radius 3 is 2.25 bits per heavy atom. The van der Waals surface area contributed by atoms with E-state index in [9.17, 15) is 4.79 Å². The summed E-state index contributed by atoms with van der Waals surface area (Å²) in [5, 5.41) is 8.83. The lowest BCUT2D eigenvalue weighted by atomic mass is 9.85. The fourth-order valence-electron chi connectivity index (χ4n) is 2.70. The van der Waals surface area contributed by atoms with Crippen LogP contribution in [-0.2, 0) is 4.79 Å². The van der Waals surface area contributed by atoms with Crippen LogP contribution in [0, 0.1) is 17.8 Å². The van der Waals surface area contributed by atoms with Crippen LogP contribution in [-0.4, -0.2) is 17.1 Å². The SMILES string of the molecule is Cl.N[C@@H]1C(C(=O)O)[C@@H]2CC[C@H]1C2. The Hall–Kier alpha value is -0.280. The monoisotopic (exact) mass is 191 g/mol. The topological polar surface area (TPSA) is 63.3 Å². The Kier molecular flexibility index (Phi) is 2.64. The highest BCUT2D eigenvalue weighted by atomic mass is 35.5. The van der Waals surface area contributed by atoms with E-state index >= 15 is 0 Å². The molecule has 0 aromatic carbocycles. The van der Waals surface area contributed by atoms with Gasteiger partial charge in [-0.05, 0) is 31.1 Å². The van der Waals surface area contributed by atoms with Crippen molar-refractivity contribution >= 4 is 18.4 Å². The van der Waals surface area contributed by atoms with Gasteiger partial charge >= 0.3 is 5.97 Å². The number of carboxylic acid groups (broad SMARTS) is 1. The van der Waals surface area contributed by atoms with Gasteiger partial charge in [0.25, 0.3) is 0 Å². The number of aliphatic carboxylic acids is 1. The molecule has 2 aliphatic carbocycles. The molecule has 4 heteroatoms. The smallest absolute Gasteiger partial charge is 0.308 e. The zero-order valence-electron chi connectivity index (χ0n) is 6.77. The summed E-state index contributed by atoms with van der Waals surface area (Å²) < 4.78 is 0. The van der Waals surface area contributed by atoms with Crippen LogP contribution in [0.2, 0.25) is 0 Å². The van der Waals surface area contributed by atoms with E-state index in [1.165, 1.54) is 0 Å². The number of nitrogens with two attached hydrogens (primary N) is 1. The molecule has 0 saturated heterocycles. The van der Waals surface area contributed by atoms with Crippen molar-refractivity contribution in [3.63, 3.8) is 0 Å². The highest BCUT2D eigenvalue weighted by Gasteiger charge is 2.49. The molecular formula is C8H14ClNO2. The first kappa shape index (κ1) is 9.81. The van der Waals surface area contributed by atoms with E-state index in [-0.39, 0.29) is 24.4 Å². The van der Waals surface area contributed by atoms with Gasteiger partial charge in [0.1, 0.15) is 0 Å². The molecule has 2 fully saturated rings. The van der Waals surface area contributed by atoms with Crippen molar-refractivity contribution < 1.29 is 9.90 Å². The third-order valence-corrected chi connectivity index (χ3v) is 3.27. The molecule has 0 aromatic rings. The van der Waals surface area contributed by atoms with Gasteiger partial charge in [0.15, 0.2) is 0 Å². The van der Waals surface area contributed by atoms with Crippen molar-refractivity contribution in [1.29, 1.82) is 0 Å². The normalized spacial score (nSPS) is 44.1. The van der Waals surface area contributed by atoms with Crippen LogP contribution in [0.3, 0.4) is 0 Å². The fraction of sp³-hybridized carbons (Fsp3) is 0.875. The summed E-state index contributed by atoms with van der Waals surface area (Å²) in [4.78, 5) is 10.7. The molecule has 0 aliphatic heterocycles. The first-order valence-electron chi connectivity index (χ1n) is 4.18. The Labute approximate surface area is 77.7 Å². The Bertz CT molecular complexity index is 195. The number of hydrogen-bond donors (Lipinski definition) is 2. The minimum absolute atomic E-state index is 0. The summed E-state index contributed by atoms with van der Waals surface area (Å²) in [5.41, 5.74) is 5.78. The number of halogens is 1. The molecule has 0 heterocycles. The van der Waals surface area contributed by atoms with Crippen molar-refractivity contribution in [3.8, 4) is 0 Å². The fourth-order valence-corrected chi connectivity index (χ4v) is 2.70. The summed E-state index contributed by atoms with van der Waals surface area (Å²) in [6.45, 7) is 0. The predicted molar refractivity (Wildman–Crippen MR) is 47.2 cm³/mol. The summed E-state index contributed by atoms with van der Waals surface area (Å²) in [6, 6.07) is -0.0637. The van der Waals surface area contributed by atoms with Crippen molar-refractivity contribution in [1.82, 2.24) is 0 Å². The van der Waals surface area contributed by atoms with E-state index in [1.54, 1.807) is 0 Å². The third kappa shape index (κ3) is 1.21. The molecule has 3 nitrogen and oxygen atoms in total. The maximum Gasteiger partial charge on any atom is 0.308 e. The second-order valence-corrected chi connectivity index (χ2v) is 3.77. The first-order valence-corrected chi connectivity index (χ1v) is 4.18. The molecule has 0 amide bonds. The highest BCUT2D eigenvalue weighted by Crippen LogP contribution is 2.47. The Morgan fingerprint density at radius 1 is 1.33 bits per heavy atom. The largest absolute Gasteiger partial charge is 0.481 e. The van der Waals surface area contributed by atoms with Gasteiger partial charge in [0.2, 0.25) is 0 Å². The second-order valence-electron chi connectivity index (χ2n) is 3.77. The third-order valence-electron chi connectivity index (χ3n) is 3.27. The van der Waals surface area contributed by atoms with Crippen LogP contribution in [0.5, 0.6) is 0 Å². The molecule has 0 aromatic heterocycles. The van der Waals surface area contributed by atoms with E-state index in [0.29, 0.717) is 11.8 Å². The maximum absolute atomic E-state index is 10.7. The quantitative estimate of drug-likeness (QED) is 0.647. The van der Waals surface area contributed by atoms with E-state index in [0.717, 1.165) is 19.3 Å². The first-order chi connectivity index (χ1) is 5.20. The van der Waals surface area contributed by atoms with E-state index in [2.05, 4.69) is 0 Å². The lowest BCUT2D eigenvalue weighted by Crippen LogP contribution is -2.40. The van der Waals surface area contributed by atoms with Gasteiger partial charge in [-0.15, -0.1) is 12.4 Å². The number of fused-ring (bicyclic) bond motifs is 2. The average molecular weight is 192 g/mol. The van der Waals surface area contributed by atoms with Crippen molar-refractivity contribution in [2.24, 2.45) is 23.5 Å². The van der Waals surface area contributed by atoms with Crippen LogP contribution >= 0.6 is 12.4 Å². The van der Waals surface area contributed by atoms with E-state index in [4.69, 9.17) is 10.8 Å². The molecule has 1 unspecified atom stereocenters. The van der Waals surface area contributed by atoms with Gasteiger partial charge in [-0.1, -0.05) is 0 Å². The Balaban J connectivity index is 0.000000720. The highest BCUT2D eigenvalue weighted by molar-refractivity contribution is 5.85. The van der Waals surface area contributed by atoms with E-state index in [1.807, 2.05) is 0 Å². The zero-order chi connectivity index (χ0) is 8.01. The number of carboxylic acids is 1. The molecular weight excluding hydrogens is 178 g/mol. The molecule has 4 atom stereocenters. The van der Waals surface area contributed by atoms with Crippen molar-refractivity contribution in [3.05, 3.63) is 0 Å². The van der Waals surface area contributed by atoms with Crippen molar-refractivity contribution in [2.75, 3.05) is 0 Å². The van der Waals surface area contributed by atoms with E-state index < -0.39 is 5.97 Å². The zero-order valence-corrected chi connectivity index (χ0v) is 7.59. The second kappa shape index (κ2) is 3.23. The van der Waals surface area contributed by atoms with Gasteiger partial charge in [0.05, 0.1) is 5.92 Å². The van der Waals surface area contributed by atoms with Gasteiger partial charge in [-0.3, -0.25) is 4.79 Å². The van der Waals surface area contributed by atoms with Gasteiger partial charge in [-0.25, -0.2) is 0 Å². The maximum atomic E-state index is 10.7. The van der Waals surface area contributed by atoms with Crippen LogP contribution in [0.1, 0.15) is 19.3 Å². The summed E-state index contributed by atoms with van der Waals surface area (Å²) in [6.07, 6.45) is 3.28. The molecule has 2 saturated carbocycles. The molecule has 12 heavy (non-hydrogen) atoms. The standard InChI is InChI=1S/C8H13NO2.ClH/c9-7-5-2-1-4(3-5)6(7)8(10)11;/h4-7H,1-3,9H2,(H,10,11);1H/t4-,5+,6?,7+;/m1./s1. The van der Waals surface area contributed by atoms with Crippen molar-refractivity contribution in [2.45, 2.75) is 25.3 Å². The Morgan fingerprint density at radius 2 is 1.92 bits per heavy atom. The molecule has 70 valence electrons. The number of hydrogen-bond acceptors (Lipinski definition) is 2. The number of carbonyl (C=O) groups is 1. The lowest BCUT2D eigenvalue weighted by molar-refractivity contribution is -0.144. The van der Waals surface area contributed by atoms with Gasteiger partial charge in [-0.2, -0.15) is 0 Å². The van der Waals surface area contributed by atoms with Gasteiger partial charge in [0, 0.05) is 6.04 Å². The summed E-state index contributed by atoms with van der Waals surface area (Å²) >= 11 is 0. The van der Waals surface area contributed by atoms with Gasteiger partial charge < -0.3 is 10.8 Å². The molecule has 2 aliphatic rings.